The van der Waals surface area contributed by atoms with Gasteiger partial charge in [-0.1, -0.05) is 23.8 Å². The Morgan fingerprint density at radius 2 is 1.70 bits per heavy atom. The standard InChI is InChI=1S/C17H17NO4S/c1-12-8-10-13(11-9-12)23(19,20)17(18-2)14-6-5-7-15(21-3)16(14)22-4/h5-11,17H,1,3-4H3/t17-/m1/s1. The summed E-state index contributed by atoms with van der Waals surface area (Å²) in [6, 6.07) is 11.3. The van der Waals surface area contributed by atoms with E-state index in [9.17, 15) is 8.42 Å². The van der Waals surface area contributed by atoms with Crippen LogP contribution in [0, 0.1) is 13.5 Å². The lowest BCUT2D eigenvalue weighted by Crippen LogP contribution is -2.12. The SMILES string of the molecule is [C-]#[N+][C@@H](c1cccc(OC)c1OC)S(=O)(=O)c1ccc(C)cc1. The van der Waals surface area contributed by atoms with Crippen molar-refractivity contribution in [3.05, 3.63) is 65.0 Å². The molecule has 120 valence electrons. The van der Waals surface area contributed by atoms with Crippen LogP contribution in [0.2, 0.25) is 0 Å². The van der Waals surface area contributed by atoms with Crippen molar-refractivity contribution in [2.75, 3.05) is 14.2 Å². The molecule has 0 aromatic heterocycles. The Kier molecular flexibility index (Phi) is 4.92. The first-order valence-corrected chi connectivity index (χ1v) is 8.38. The summed E-state index contributed by atoms with van der Waals surface area (Å²) in [6.45, 7) is 9.26. The zero-order chi connectivity index (χ0) is 17.0. The molecule has 2 rings (SSSR count). The van der Waals surface area contributed by atoms with Crippen LogP contribution in [0.5, 0.6) is 11.5 Å². The maximum Gasteiger partial charge on any atom is 0.353 e. The van der Waals surface area contributed by atoms with Crippen LogP contribution in [0.1, 0.15) is 16.5 Å². The summed E-state index contributed by atoms with van der Waals surface area (Å²) in [5.41, 5.74) is 1.21. The van der Waals surface area contributed by atoms with Gasteiger partial charge in [-0.2, -0.15) is 0 Å². The summed E-state index contributed by atoms with van der Waals surface area (Å²) in [4.78, 5) is 3.44. The second-order valence-corrected chi connectivity index (χ2v) is 6.93. The number of ether oxygens (including phenoxy) is 2. The molecule has 0 spiro atoms. The van der Waals surface area contributed by atoms with Gasteiger partial charge < -0.3 is 9.47 Å². The van der Waals surface area contributed by atoms with E-state index in [1.165, 1.54) is 26.4 Å². The minimum atomic E-state index is -3.87. The van der Waals surface area contributed by atoms with Crippen LogP contribution in [-0.2, 0) is 9.84 Å². The topological polar surface area (TPSA) is 57.0 Å². The molecule has 2 aromatic rings. The van der Waals surface area contributed by atoms with Gasteiger partial charge in [-0.3, -0.25) is 4.85 Å². The number of para-hydroxylation sites is 1. The lowest BCUT2D eigenvalue weighted by molar-refractivity contribution is 0.352. The zero-order valence-corrected chi connectivity index (χ0v) is 13.9. The number of nitrogens with zero attached hydrogens (tertiary/aromatic N) is 1. The van der Waals surface area contributed by atoms with E-state index in [0.29, 0.717) is 5.75 Å². The number of benzene rings is 2. The molecule has 0 aliphatic heterocycles. The summed E-state index contributed by atoms with van der Waals surface area (Å²) in [5.74, 6) is 0.643. The van der Waals surface area contributed by atoms with Crippen LogP contribution in [0.3, 0.4) is 0 Å². The van der Waals surface area contributed by atoms with E-state index in [1.807, 2.05) is 6.92 Å². The number of aryl methyl sites for hydroxylation is 1. The molecule has 6 heteroatoms. The van der Waals surface area contributed by atoms with Crippen molar-refractivity contribution >= 4 is 9.84 Å². The van der Waals surface area contributed by atoms with Crippen molar-refractivity contribution in [2.24, 2.45) is 0 Å². The summed E-state index contributed by atoms with van der Waals surface area (Å²) in [6.07, 6.45) is 0. The third-order valence-corrected chi connectivity index (χ3v) is 5.34. The third-order valence-electron chi connectivity index (χ3n) is 3.46. The van der Waals surface area contributed by atoms with Gasteiger partial charge >= 0.3 is 5.37 Å². The Balaban J connectivity index is 2.61. The van der Waals surface area contributed by atoms with Crippen molar-refractivity contribution in [2.45, 2.75) is 17.2 Å². The van der Waals surface area contributed by atoms with E-state index in [4.69, 9.17) is 16.0 Å². The van der Waals surface area contributed by atoms with Gasteiger partial charge in [0.25, 0.3) is 9.84 Å². The fraction of sp³-hybridized carbons (Fsp3) is 0.235. The minimum absolute atomic E-state index is 0.106. The molecule has 0 fully saturated rings. The van der Waals surface area contributed by atoms with Crippen molar-refractivity contribution in [3.63, 3.8) is 0 Å². The maximum absolute atomic E-state index is 12.8. The second-order valence-electron chi connectivity index (χ2n) is 4.92. The normalized spacial score (nSPS) is 12.3. The van der Waals surface area contributed by atoms with Gasteiger partial charge in [0, 0.05) is 0 Å². The number of hydrogen-bond acceptors (Lipinski definition) is 4. The summed E-state index contributed by atoms with van der Waals surface area (Å²) in [5, 5.41) is -1.39. The van der Waals surface area contributed by atoms with Crippen molar-refractivity contribution < 1.29 is 17.9 Å². The second kappa shape index (κ2) is 6.71. The fourth-order valence-corrected chi connectivity index (χ4v) is 3.70. The first-order chi connectivity index (χ1) is 11.0. The average molecular weight is 331 g/mol. The molecule has 0 radical (unpaired) electrons. The van der Waals surface area contributed by atoms with E-state index in [-0.39, 0.29) is 16.2 Å². The highest BCUT2D eigenvalue weighted by atomic mass is 32.2. The van der Waals surface area contributed by atoms with E-state index < -0.39 is 15.2 Å². The smallest absolute Gasteiger partial charge is 0.353 e. The first kappa shape index (κ1) is 16.8. The molecule has 0 saturated heterocycles. The Morgan fingerprint density at radius 3 is 2.22 bits per heavy atom. The summed E-state index contributed by atoms with van der Waals surface area (Å²) >= 11 is 0. The highest BCUT2D eigenvalue weighted by molar-refractivity contribution is 7.91. The van der Waals surface area contributed by atoms with Crippen LogP contribution in [0.4, 0.5) is 0 Å². The fourth-order valence-electron chi connectivity index (χ4n) is 2.27. The molecule has 0 amide bonds. The van der Waals surface area contributed by atoms with Crippen LogP contribution in [0.25, 0.3) is 4.85 Å². The molecule has 0 unspecified atom stereocenters. The predicted molar refractivity (Wildman–Crippen MR) is 87.3 cm³/mol. The molecule has 0 bridgehead atoms. The van der Waals surface area contributed by atoms with Crippen molar-refractivity contribution in [1.82, 2.24) is 0 Å². The summed E-state index contributed by atoms with van der Waals surface area (Å²) in [7, 11) is -0.989. The number of sulfone groups is 1. The van der Waals surface area contributed by atoms with E-state index in [0.717, 1.165) is 5.56 Å². The third kappa shape index (κ3) is 3.15. The van der Waals surface area contributed by atoms with Gasteiger partial charge in [0.2, 0.25) is 0 Å². The van der Waals surface area contributed by atoms with E-state index in [2.05, 4.69) is 4.85 Å². The first-order valence-electron chi connectivity index (χ1n) is 6.83. The molecule has 5 nitrogen and oxygen atoms in total. The van der Waals surface area contributed by atoms with Crippen LogP contribution in [-0.4, -0.2) is 22.6 Å². The molecule has 0 heterocycles. The minimum Gasteiger partial charge on any atom is -0.493 e. The Labute approximate surface area is 136 Å². The van der Waals surface area contributed by atoms with Crippen LogP contribution in [0.15, 0.2) is 47.4 Å². The van der Waals surface area contributed by atoms with E-state index >= 15 is 0 Å². The van der Waals surface area contributed by atoms with Gasteiger partial charge in [-0.05, 0) is 31.2 Å². The highest BCUT2D eigenvalue weighted by Crippen LogP contribution is 2.40. The monoisotopic (exact) mass is 331 g/mol. The van der Waals surface area contributed by atoms with E-state index in [1.54, 1.807) is 30.3 Å². The lowest BCUT2D eigenvalue weighted by atomic mass is 10.2. The van der Waals surface area contributed by atoms with Gasteiger partial charge in [0.15, 0.2) is 11.5 Å². The lowest BCUT2D eigenvalue weighted by Gasteiger charge is -2.14. The molecule has 23 heavy (non-hydrogen) atoms. The quantitative estimate of drug-likeness (QED) is 0.788. The number of methoxy groups -OCH3 is 2. The number of hydrogen-bond donors (Lipinski definition) is 0. The molecular formula is C17H17NO4S. The Bertz CT molecular complexity index is 836. The van der Waals surface area contributed by atoms with Gasteiger partial charge in [0.1, 0.15) is 0 Å². The molecule has 0 aliphatic carbocycles. The molecule has 2 aromatic carbocycles. The van der Waals surface area contributed by atoms with Crippen molar-refractivity contribution in [1.29, 1.82) is 0 Å². The zero-order valence-electron chi connectivity index (χ0n) is 13.1. The van der Waals surface area contributed by atoms with Crippen molar-refractivity contribution in [3.8, 4) is 11.5 Å². The maximum atomic E-state index is 12.8. The van der Waals surface area contributed by atoms with Crippen LogP contribution < -0.4 is 9.47 Å². The summed E-state index contributed by atoms with van der Waals surface area (Å²) < 4.78 is 36.1. The molecule has 0 aliphatic rings. The average Bonchev–Trinajstić information content (AvgIpc) is 2.55. The Hall–Kier alpha value is -2.52. The largest absolute Gasteiger partial charge is 0.493 e. The van der Waals surface area contributed by atoms with Gasteiger partial charge in [0.05, 0.1) is 24.7 Å². The molecule has 1 atom stereocenters. The van der Waals surface area contributed by atoms with Gasteiger partial charge in [-0.25, -0.2) is 15.0 Å². The molecule has 0 N–H and O–H groups in total. The predicted octanol–water partition coefficient (Wildman–Crippen LogP) is 3.40. The van der Waals surface area contributed by atoms with Crippen LogP contribution >= 0.6 is 0 Å². The Morgan fingerprint density at radius 1 is 1.04 bits per heavy atom. The number of rotatable bonds is 5. The molecular weight excluding hydrogens is 314 g/mol. The highest BCUT2D eigenvalue weighted by Gasteiger charge is 2.37. The molecule has 0 saturated carbocycles. The van der Waals surface area contributed by atoms with Gasteiger partial charge in [-0.15, -0.1) is 0 Å².